The van der Waals surface area contributed by atoms with Crippen molar-refractivity contribution in [1.82, 2.24) is 10.2 Å². The summed E-state index contributed by atoms with van der Waals surface area (Å²) in [6.45, 7) is 0.323. The van der Waals surface area contributed by atoms with Gasteiger partial charge in [0.15, 0.2) is 0 Å². The Labute approximate surface area is 218 Å². The molecule has 1 N–H and O–H groups in total. The fourth-order valence-electron chi connectivity index (χ4n) is 8.48. The first kappa shape index (κ1) is 31.8. The van der Waals surface area contributed by atoms with Gasteiger partial charge in [0, 0.05) is 40.7 Å². The number of hydrogen-bond donors (Lipinski definition) is 1. The van der Waals surface area contributed by atoms with E-state index in [2.05, 4.69) is 5.32 Å². The van der Waals surface area contributed by atoms with Crippen LogP contribution in [0.4, 0.5) is 0 Å². The molecule has 0 aromatic heterocycles. The lowest BCUT2D eigenvalue weighted by Crippen LogP contribution is -2.56. The molecule has 2 aliphatic heterocycles. The Morgan fingerprint density at radius 3 is 1.91 bits per heavy atom. The van der Waals surface area contributed by atoms with Crippen LogP contribution in [-0.2, 0) is 14.4 Å². The lowest BCUT2D eigenvalue weighted by atomic mass is 9.68. The van der Waals surface area contributed by atoms with Gasteiger partial charge in [0.25, 0.3) is 0 Å². The van der Waals surface area contributed by atoms with Gasteiger partial charge in [-0.05, 0) is 75.0 Å². The van der Waals surface area contributed by atoms with E-state index in [0.717, 1.165) is 37.4 Å². The summed E-state index contributed by atoms with van der Waals surface area (Å²) in [5.74, 6) is 4.18. The van der Waals surface area contributed by atoms with Crippen molar-refractivity contribution < 1.29 is 14.4 Å². The van der Waals surface area contributed by atoms with E-state index in [-0.39, 0.29) is 43.5 Å². The molecule has 8 atom stereocenters. The van der Waals surface area contributed by atoms with Crippen LogP contribution in [0.15, 0.2) is 0 Å². The van der Waals surface area contributed by atoms with E-state index in [1.165, 1.54) is 70.6 Å². The Bertz CT molecular complexity index is 706. The predicted octanol–water partition coefficient (Wildman–Crippen LogP) is 4.60. The molecule has 6 fully saturated rings. The van der Waals surface area contributed by atoms with Gasteiger partial charge in [0.1, 0.15) is 6.29 Å². The Morgan fingerprint density at radius 2 is 1.23 bits per heavy atom. The molecule has 0 spiro atoms. The van der Waals surface area contributed by atoms with Crippen LogP contribution in [0.1, 0.15) is 105 Å². The average molecular weight is 482 g/mol. The topological polar surface area (TPSA) is 66.5 Å². The molecule has 0 aromatic rings. The average Bonchev–Trinajstić information content (AvgIpc) is 3.48. The molecule has 4 aliphatic carbocycles. The van der Waals surface area contributed by atoms with Crippen molar-refractivity contribution in [1.29, 1.82) is 0 Å². The number of carbonyl (C=O) groups excluding carboxylic acids is 3. The van der Waals surface area contributed by atoms with Gasteiger partial charge in [0.05, 0.1) is 6.54 Å². The van der Waals surface area contributed by atoms with Crippen molar-refractivity contribution in [3.63, 3.8) is 0 Å². The zero-order valence-corrected chi connectivity index (χ0v) is 20.1. The standard InChI is InChI=1S/C14H21NO2.C12H19NO.2CH4.2B/c16-9-8-15-13-7-2-1-4-11(13)10-5-3-6-12(10)14(15)17;14-12-10-6-3-5-8(10)9-4-1-2-7-11(9)13-12;;;;/h9-13H,1-8H2;8-11H,1-7H2,(H,13,14);2*1H4;;. The molecular weight excluding hydrogens is 434 g/mol. The second-order valence-corrected chi connectivity index (χ2v) is 11.1. The van der Waals surface area contributed by atoms with Crippen molar-refractivity contribution in [2.75, 3.05) is 6.54 Å². The number of aldehydes is 1. The molecule has 6 aliphatic rings. The summed E-state index contributed by atoms with van der Waals surface area (Å²) in [5.41, 5.74) is 0. The third-order valence-electron chi connectivity index (χ3n) is 9.78. The number of rotatable bonds is 2. The smallest absolute Gasteiger partial charge is 0.226 e. The van der Waals surface area contributed by atoms with Crippen molar-refractivity contribution in [2.45, 2.75) is 117 Å². The largest absolute Gasteiger partial charge is 0.353 e. The molecule has 2 heterocycles. The van der Waals surface area contributed by atoms with Gasteiger partial charge in [0.2, 0.25) is 11.8 Å². The van der Waals surface area contributed by atoms with Crippen molar-refractivity contribution in [3.8, 4) is 0 Å². The second kappa shape index (κ2) is 13.9. The number of amides is 2. The number of piperidine rings is 2. The van der Waals surface area contributed by atoms with Crippen LogP contribution in [0.2, 0.25) is 0 Å². The van der Waals surface area contributed by atoms with Crippen LogP contribution in [0.5, 0.6) is 0 Å². The van der Waals surface area contributed by atoms with E-state index >= 15 is 0 Å². The molecule has 5 nitrogen and oxygen atoms in total. The molecule has 35 heavy (non-hydrogen) atoms. The van der Waals surface area contributed by atoms with Crippen molar-refractivity contribution in [3.05, 3.63) is 0 Å². The first-order chi connectivity index (χ1) is 15.2. The van der Waals surface area contributed by atoms with Crippen LogP contribution in [0, 0.1) is 35.5 Å². The number of fused-ring (bicyclic) bond motifs is 6. The molecule has 4 saturated carbocycles. The quantitative estimate of drug-likeness (QED) is 0.462. The highest BCUT2D eigenvalue weighted by atomic mass is 16.2. The Kier molecular flexibility index (Phi) is 12.6. The number of likely N-dealkylation sites (tertiary alicyclic amines) is 1. The van der Waals surface area contributed by atoms with Gasteiger partial charge in [-0.15, -0.1) is 0 Å². The molecule has 6 radical (unpaired) electrons. The van der Waals surface area contributed by atoms with E-state index in [1.807, 2.05) is 4.90 Å². The predicted molar refractivity (Wildman–Crippen MR) is 144 cm³/mol. The minimum absolute atomic E-state index is 0. The molecule has 6 rings (SSSR count). The molecule has 0 bridgehead atoms. The summed E-state index contributed by atoms with van der Waals surface area (Å²) in [5, 5.41) is 3.25. The van der Waals surface area contributed by atoms with E-state index in [4.69, 9.17) is 0 Å². The van der Waals surface area contributed by atoms with Gasteiger partial charge < -0.3 is 15.0 Å². The SMILES string of the molecule is C.C.O=C1NC2CCCCC2C2CCCC12.O=CCN1C(=O)C2CCCC2C2CCCCC21.[B].[B]. The van der Waals surface area contributed by atoms with Crippen molar-refractivity contribution >= 4 is 34.9 Å². The fourth-order valence-corrected chi connectivity index (χ4v) is 8.48. The monoisotopic (exact) mass is 482 g/mol. The number of nitrogens with one attached hydrogen (secondary N) is 1. The van der Waals surface area contributed by atoms with E-state index in [9.17, 15) is 14.4 Å². The summed E-state index contributed by atoms with van der Waals surface area (Å²) in [4.78, 5) is 36.9. The maximum absolute atomic E-state index is 12.4. The van der Waals surface area contributed by atoms with Crippen LogP contribution in [0.25, 0.3) is 0 Å². The molecule has 8 unspecified atom stereocenters. The Balaban J connectivity index is 0.000000318. The molecule has 7 heteroatoms. The highest BCUT2D eigenvalue weighted by Gasteiger charge is 2.50. The highest BCUT2D eigenvalue weighted by molar-refractivity contribution is 5.83. The van der Waals surface area contributed by atoms with Gasteiger partial charge in [-0.1, -0.05) is 53.4 Å². The van der Waals surface area contributed by atoms with E-state index in [0.29, 0.717) is 42.3 Å². The van der Waals surface area contributed by atoms with Crippen LogP contribution in [0.3, 0.4) is 0 Å². The van der Waals surface area contributed by atoms with Crippen LogP contribution < -0.4 is 5.32 Å². The summed E-state index contributed by atoms with van der Waals surface area (Å²) in [6, 6.07) is 0.913. The normalized spacial score (nSPS) is 38.6. The number of hydrogen-bond acceptors (Lipinski definition) is 3. The van der Waals surface area contributed by atoms with Gasteiger partial charge >= 0.3 is 0 Å². The fraction of sp³-hybridized carbons (Fsp3) is 0.893. The number of nitrogens with zero attached hydrogens (tertiary/aromatic N) is 1. The first-order valence-electron chi connectivity index (χ1n) is 13.2. The van der Waals surface area contributed by atoms with E-state index in [1.54, 1.807) is 0 Å². The molecule has 2 amide bonds. The van der Waals surface area contributed by atoms with Crippen molar-refractivity contribution in [2.24, 2.45) is 35.5 Å². The molecule has 0 aromatic carbocycles. The minimum Gasteiger partial charge on any atom is -0.353 e. The molecule has 194 valence electrons. The Hall–Kier alpha value is -1.26. The van der Waals surface area contributed by atoms with Crippen LogP contribution in [-0.4, -0.2) is 58.5 Å². The number of carbonyl (C=O) groups is 3. The first-order valence-corrected chi connectivity index (χ1v) is 13.2. The third kappa shape index (κ3) is 6.01. The zero-order valence-electron chi connectivity index (χ0n) is 20.1. The highest BCUT2D eigenvalue weighted by Crippen LogP contribution is 2.49. The molecule has 2 saturated heterocycles. The van der Waals surface area contributed by atoms with E-state index < -0.39 is 0 Å². The summed E-state index contributed by atoms with van der Waals surface area (Å²) in [7, 11) is 0. The lowest BCUT2D eigenvalue weighted by Gasteiger charge is -2.49. The summed E-state index contributed by atoms with van der Waals surface area (Å²) in [6.07, 6.45) is 18.4. The van der Waals surface area contributed by atoms with Gasteiger partial charge in [-0.3, -0.25) is 9.59 Å². The minimum atomic E-state index is 0. The maximum atomic E-state index is 12.4. The van der Waals surface area contributed by atoms with Gasteiger partial charge in [-0.25, -0.2) is 0 Å². The van der Waals surface area contributed by atoms with Gasteiger partial charge in [-0.2, -0.15) is 0 Å². The lowest BCUT2D eigenvalue weighted by molar-refractivity contribution is -0.151. The summed E-state index contributed by atoms with van der Waals surface area (Å²) < 4.78 is 0. The maximum Gasteiger partial charge on any atom is 0.226 e. The van der Waals surface area contributed by atoms with Crippen LogP contribution >= 0.6 is 0 Å². The Morgan fingerprint density at radius 1 is 0.686 bits per heavy atom. The second-order valence-electron chi connectivity index (χ2n) is 11.1. The molecular formula is C28H48B2N2O3. The third-order valence-corrected chi connectivity index (χ3v) is 9.78. The summed E-state index contributed by atoms with van der Waals surface area (Å²) >= 11 is 0. The zero-order chi connectivity index (χ0) is 21.4.